The summed E-state index contributed by atoms with van der Waals surface area (Å²) >= 11 is 0. The van der Waals surface area contributed by atoms with Crippen LogP contribution in [-0.2, 0) is 30.6 Å². The van der Waals surface area contributed by atoms with E-state index in [4.69, 9.17) is 9.72 Å². The molecule has 1 aliphatic carbocycles. The highest BCUT2D eigenvalue weighted by Gasteiger charge is 2.58. The number of carbonyl (C=O) groups is 3. The van der Waals surface area contributed by atoms with E-state index in [1.54, 1.807) is 6.08 Å². The van der Waals surface area contributed by atoms with E-state index in [9.17, 15) is 22.8 Å². The van der Waals surface area contributed by atoms with Gasteiger partial charge in [-0.2, -0.15) is 0 Å². The van der Waals surface area contributed by atoms with Crippen LogP contribution in [0.2, 0.25) is 0 Å². The van der Waals surface area contributed by atoms with Gasteiger partial charge < -0.3 is 15.0 Å². The molecule has 2 aliphatic heterocycles. The Balaban J connectivity index is 1.40. The highest BCUT2D eigenvalue weighted by atomic mass is 32.2. The van der Waals surface area contributed by atoms with E-state index >= 15 is 0 Å². The summed E-state index contributed by atoms with van der Waals surface area (Å²) in [7, 11) is -3.51. The Labute approximate surface area is 295 Å². The number of Topliss-reactive ketones (excluding diaryl/α,β-unsaturated/α-hetero) is 1. The summed E-state index contributed by atoms with van der Waals surface area (Å²) in [6.07, 6.45) is 7.72. The number of sulfone groups is 1. The van der Waals surface area contributed by atoms with Crippen molar-refractivity contribution in [3.05, 3.63) is 72.8 Å². The molecule has 2 fully saturated rings. The minimum absolute atomic E-state index is 0.0391. The van der Waals surface area contributed by atoms with Crippen molar-refractivity contribution in [2.24, 2.45) is 11.8 Å². The van der Waals surface area contributed by atoms with Crippen LogP contribution in [0.5, 0.6) is 5.75 Å². The molecule has 1 saturated carbocycles. The van der Waals surface area contributed by atoms with Crippen LogP contribution in [0.15, 0.2) is 67.3 Å². The molecule has 0 spiro atoms. The Morgan fingerprint density at radius 2 is 1.88 bits per heavy atom. The van der Waals surface area contributed by atoms with Crippen LogP contribution in [0.1, 0.15) is 77.2 Å². The summed E-state index contributed by atoms with van der Waals surface area (Å²) in [4.78, 5) is 47.8. The third-order valence-corrected chi connectivity index (χ3v) is 12.5. The molecule has 6 rings (SSSR count). The average Bonchev–Trinajstić information content (AvgIpc) is 3.67. The van der Waals surface area contributed by atoms with Gasteiger partial charge in [0, 0.05) is 29.4 Å². The second-order valence-corrected chi connectivity index (χ2v) is 16.6. The SMILES string of the molecule is C=C[C@@H]1C[C@]1(NC(=O)[C@@H]1C[C@@H]2CN1C(=O)[C@H](CCCC)CS(=O)(=O)CCCCCCc1ccc3nc(-c4ccccc4)cc(c3c1)O2)C(C)=O. The molecule has 5 atom stereocenters. The van der Waals surface area contributed by atoms with E-state index in [0.29, 0.717) is 31.4 Å². The number of hydrogen-bond donors (Lipinski definition) is 1. The van der Waals surface area contributed by atoms with Crippen molar-refractivity contribution in [1.29, 1.82) is 0 Å². The van der Waals surface area contributed by atoms with Gasteiger partial charge in [-0.1, -0.05) is 75.1 Å². The van der Waals surface area contributed by atoms with Gasteiger partial charge in [-0.05, 0) is 56.7 Å². The number of pyridine rings is 1. The Bertz CT molecular complexity index is 1860. The lowest BCUT2D eigenvalue weighted by atomic mass is 10.0. The molecule has 10 heteroatoms. The minimum atomic E-state index is -3.51. The number of fused-ring (bicyclic) bond motifs is 3. The zero-order valence-corrected chi connectivity index (χ0v) is 30.1. The third-order valence-electron chi connectivity index (χ3n) is 10.7. The predicted molar refractivity (Wildman–Crippen MR) is 195 cm³/mol. The van der Waals surface area contributed by atoms with Crippen molar-refractivity contribution in [3.63, 3.8) is 0 Å². The molecule has 4 bridgehead atoms. The molecule has 1 N–H and O–H groups in total. The first-order valence-corrected chi connectivity index (χ1v) is 20.0. The first-order valence-electron chi connectivity index (χ1n) is 18.2. The second kappa shape index (κ2) is 15.1. The Morgan fingerprint density at radius 1 is 1.10 bits per heavy atom. The standard InChI is InChI=1S/C40H49N3O6S/c1-4-6-15-30-26-50(47,48)20-13-8-7-10-14-28-18-19-34-33(21-28)37(23-35(41-34)29-16-11-9-12-17-29)49-32-22-36(43(25-32)39(30)46)38(45)42-40(27(3)44)24-31(40)5-2/h5,9,11-12,16-19,21,23,30-32,36H,2,4,6-8,10,13-15,20,22,24-26H2,1,3H3,(H,42,45)/t30-,31-,32-,36+,40+/m1/s1. The lowest BCUT2D eigenvalue weighted by Crippen LogP contribution is -2.53. The molecule has 9 nitrogen and oxygen atoms in total. The van der Waals surface area contributed by atoms with Gasteiger partial charge in [-0.15, -0.1) is 6.58 Å². The van der Waals surface area contributed by atoms with Gasteiger partial charge in [0.05, 0.1) is 35.2 Å². The number of carbonyl (C=O) groups excluding carboxylic acids is 3. The maximum atomic E-state index is 14.4. The van der Waals surface area contributed by atoms with Crippen molar-refractivity contribution in [3.8, 4) is 17.0 Å². The summed E-state index contributed by atoms with van der Waals surface area (Å²) < 4.78 is 33.6. The summed E-state index contributed by atoms with van der Waals surface area (Å²) in [5, 5.41) is 3.85. The number of nitrogens with one attached hydrogen (secondary N) is 1. The topological polar surface area (TPSA) is 123 Å². The van der Waals surface area contributed by atoms with Crippen molar-refractivity contribution in [1.82, 2.24) is 15.2 Å². The minimum Gasteiger partial charge on any atom is -0.488 e. The Morgan fingerprint density at radius 3 is 2.60 bits per heavy atom. The Hall–Kier alpha value is -4.05. The van der Waals surface area contributed by atoms with Crippen LogP contribution in [0.4, 0.5) is 0 Å². The Kier molecular flexibility index (Phi) is 10.8. The van der Waals surface area contributed by atoms with Gasteiger partial charge in [0.25, 0.3) is 0 Å². The van der Waals surface area contributed by atoms with Gasteiger partial charge in [0.15, 0.2) is 15.6 Å². The molecule has 3 aliphatic rings. The van der Waals surface area contributed by atoms with Gasteiger partial charge in [-0.3, -0.25) is 14.4 Å². The number of aryl methyl sites for hydroxylation is 1. The van der Waals surface area contributed by atoms with Crippen molar-refractivity contribution < 1.29 is 27.5 Å². The molecule has 50 heavy (non-hydrogen) atoms. The van der Waals surface area contributed by atoms with Crippen LogP contribution in [-0.4, -0.2) is 71.6 Å². The number of ketones is 1. The third kappa shape index (κ3) is 7.80. The largest absolute Gasteiger partial charge is 0.488 e. The fourth-order valence-electron chi connectivity index (χ4n) is 7.68. The normalized spacial score (nSPS) is 26.8. The van der Waals surface area contributed by atoms with Crippen LogP contribution in [0, 0.1) is 11.8 Å². The molecule has 2 aromatic carbocycles. The molecule has 2 amide bonds. The van der Waals surface area contributed by atoms with Crippen LogP contribution in [0.3, 0.4) is 0 Å². The molecule has 1 saturated heterocycles. The fourth-order valence-corrected chi connectivity index (χ4v) is 9.41. The van der Waals surface area contributed by atoms with E-state index in [0.717, 1.165) is 59.8 Å². The van der Waals surface area contributed by atoms with Crippen LogP contribution in [0.25, 0.3) is 22.2 Å². The second-order valence-electron chi connectivity index (χ2n) is 14.4. The number of ether oxygens (including phenoxy) is 1. The lowest BCUT2D eigenvalue weighted by molar-refractivity contribution is -0.142. The van der Waals surface area contributed by atoms with Crippen molar-refractivity contribution >= 4 is 38.3 Å². The molecule has 0 unspecified atom stereocenters. The van der Waals surface area contributed by atoms with Gasteiger partial charge in [0.2, 0.25) is 11.8 Å². The summed E-state index contributed by atoms with van der Waals surface area (Å²) in [6, 6.07) is 17.1. The van der Waals surface area contributed by atoms with Crippen molar-refractivity contribution in [2.75, 3.05) is 18.1 Å². The monoisotopic (exact) mass is 699 g/mol. The van der Waals surface area contributed by atoms with E-state index in [1.165, 1.54) is 11.8 Å². The molecule has 3 aromatic rings. The quantitative estimate of drug-likeness (QED) is 0.277. The maximum absolute atomic E-state index is 14.4. The van der Waals surface area contributed by atoms with Gasteiger partial charge in [-0.25, -0.2) is 13.4 Å². The van der Waals surface area contributed by atoms with Crippen molar-refractivity contribution in [2.45, 2.75) is 95.7 Å². The fraction of sp³-hybridized carbons (Fsp3) is 0.500. The molecule has 0 radical (unpaired) electrons. The molecule has 266 valence electrons. The molecule has 1 aromatic heterocycles. The number of unbranched alkanes of at least 4 members (excludes halogenated alkanes) is 1. The first kappa shape index (κ1) is 35.8. The van der Waals surface area contributed by atoms with Crippen LogP contribution < -0.4 is 10.1 Å². The van der Waals surface area contributed by atoms with E-state index < -0.39 is 39.3 Å². The predicted octanol–water partition coefficient (Wildman–Crippen LogP) is 6.24. The zero-order chi connectivity index (χ0) is 35.5. The number of hydrogen-bond acceptors (Lipinski definition) is 7. The van der Waals surface area contributed by atoms with E-state index in [-0.39, 0.29) is 42.1 Å². The molecular formula is C40H49N3O6S. The lowest BCUT2D eigenvalue weighted by Gasteiger charge is -2.29. The number of benzene rings is 2. The molecule has 3 heterocycles. The zero-order valence-electron chi connectivity index (χ0n) is 29.2. The number of nitrogens with zero attached hydrogens (tertiary/aromatic N) is 2. The maximum Gasteiger partial charge on any atom is 0.243 e. The summed E-state index contributed by atoms with van der Waals surface area (Å²) in [5.41, 5.74) is 2.58. The summed E-state index contributed by atoms with van der Waals surface area (Å²) in [5.74, 6) is -1.48. The smallest absolute Gasteiger partial charge is 0.243 e. The van der Waals surface area contributed by atoms with Gasteiger partial charge >= 0.3 is 0 Å². The highest BCUT2D eigenvalue weighted by Crippen LogP contribution is 2.45. The van der Waals surface area contributed by atoms with E-state index in [2.05, 4.69) is 24.0 Å². The van der Waals surface area contributed by atoms with Gasteiger partial charge in [0.1, 0.15) is 23.4 Å². The van der Waals surface area contributed by atoms with Crippen LogP contribution >= 0.6 is 0 Å². The number of aromatic nitrogens is 1. The molecular weight excluding hydrogens is 651 g/mol. The summed E-state index contributed by atoms with van der Waals surface area (Å²) in [6.45, 7) is 7.42. The highest BCUT2D eigenvalue weighted by molar-refractivity contribution is 7.91. The number of rotatable bonds is 8. The average molecular weight is 700 g/mol. The van der Waals surface area contributed by atoms with E-state index in [1.807, 2.05) is 49.4 Å². The first-order chi connectivity index (χ1) is 24.0. The number of amides is 2.